The summed E-state index contributed by atoms with van der Waals surface area (Å²) < 4.78 is 2.06. The van der Waals surface area contributed by atoms with Crippen LogP contribution in [0.25, 0.3) is 10.9 Å². The zero-order chi connectivity index (χ0) is 28.2. The van der Waals surface area contributed by atoms with Gasteiger partial charge in [-0.05, 0) is 66.1 Å². The number of hydrogen-bond acceptors (Lipinski definition) is 4. The van der Waals surface area contributed by atoms with Crippen molar-refractivity contribution in [1.29, 1.82) is 0 Å². The Morgan fingerprint density at radius 2 is 1.66 bits per heavy atom. The molecule has 2 aromatic heterocycles. The van der Waals surface area contributed by atoms with Crippen molar-refractivity contribution in [2.45, 2.75) is 70.7 Å². The zero-order valence-corrected chi connectivity index (χ0v) is 23.9. The number of para-hydroxylation sites is 2. The van der Waals surface area contributed by atoms with E-state index in [1.165, 1.54) is 5.56 Å². The number of pyridine rings is 1. The first-order valence-electron chi connectivity index (χ1n) is 14.9. The Bertz CT molecular complexity index is 1500. The van der Waals surface area contributed by atoms with E-state index >= 15 is 0 Å². The largest absolute Gasteiger partial charge is 0.338 e. The maximum atomic E-state index is 14.2. The van der Waals surface area contributed by atoms with Crippen LogP contribution < -0.4 is 4.90 Å². The second-order valence-electron chi connectivity index (χ2n) is 11.4. The van der Waals surface area contributed by atoms with E-state index in [0.717, 1.165) is 54.4 Å². The van der Waals surface area contributed by atoms with Gasteiger partial charge in [0, 0.05) is 74.5 Å². The lowest BCUT2D eigenvalue weighted by Gasteiger charge is -2.44. The highest BCUT2D eigenvalue weighted by Crippen LogP contribution is 2.32. The van der Waals surface area contributed by atoms with Crippen molar-refractivity contribution in [3.63, 3.8) is 0 Å². The molecule has 1 saturated heterocycles. The summed E-state index contributed by atoms with van der Waals surface area (Å²) >= 11 is 0. The minimum Gasteiger partial charge on any atom is -0.338 e. The van der Waals surface area contributed by atoms with Gasteiger partial charge < -0.3 is 14.4 Å². The fourth-order valence-corrected chi connectivity index (χ4v) is 6.68. The molecule has 2 aromatic carbocycles. The smallest absolute Gasteiger partial charge is 0.242 e. The number of carbonyl (C=O) groups is 2. The fraction of sp³-hybridized carbons (Fsp3) is 0.382. The van der Waals surface area contributed by atoms with Crippen molar-refractivity contribution in [2.75, 3.05) is 18.0 Å². The predicted octanol–water partition coefficient (Wildman–Crippen LogP) is 5.64. The molecule has 0 spiro atoms. The normalized spacial score (nSPS) is 19.9. The average Bonchev–Trinajstić information content (AvgIpc) is 3.41. The van der Waals surface area contributed by atoms with Crippen LogP contribution in [0, 0.1) is 0 Å². The van der Waals surface area contributed by atoms with Crippen LogP contribution in [0.2, 0.25) is 0 Å². The second-order valence-corrected chi connectivity index (χ2v) is 11.4. The van der Waals surface area contributed by atoms with Crippen LogP contribution >= 0.6 is 0 Å². The maximum absolute atomic E-state index is 14.2. The Hall–Kier alpha value is -3.97. The van der Waals surface area contributed by atoms with Gasteiger partial charge in [0.1, 0.15) is 6.54 Å². The quantitative estimate of drug-likeness (QED) is 0.324. The van der Waals surface area contributed by atoms with Crippen LogP contribution in [0.15, 0.2) is 85.3 Å². The number of anilines is 1. The van der Waals surface area contributed by atoms with Gasteiger partial charge >= 0.3 is 0 Å². The summed E-state index contributed by atoms with van der Waals surface area (Å²) in [5.41, 5.74) is 4.25. The Morgan fingerprint density at radius 3 is 2.51 bits per heavy atom. The molecule has 0 aliphatic carbocycles. The minimum absolute atomic E-state index is 0.0970. The zero-order valence-electron chi connectivity index (χ0n) is 23.9. The number of benzene rings is 2. The number of amides is 2. The van der Waals surface area contributed by atoms with Gasteiger partial charge in [-0.25, -0.2) is 0 Å². The third-order valence-electron chi connectivity index (χ3n) is 8.83. The lowest BCUT2D eigenvalue weighted by Crippen LogP contribution is -2.52. The average molecular weight is 550 g/mol. The van der Waals surface area contributed by atoms with E-state index in [1.54, 1.807) is 0 Å². The maximum Gasteiger partial charge on any atom is 0.242 e. The summed E-state index contributed by atoms with van der Waals surface area (Å²) in [5.74, 6) is 0.223. The second kappa shape index (κ2) is 12.3. The summed E-state index contributed by atoms with van der Waals surface area (Å²) in [6.07, 6.45) is 10.4. The SMILES string of the molecule is CCC(=O)N1CCC2CCCC(CN(C(=O)Cn3ccc4ccccc43)Cc3ccccc31)N2Cc1ccncc1. The molecule has 2 aliphatic heterocycles. The van der Waals surface area contributed by atoms with Gasteiger partial charge in [0.05, 0.1) is 0 Å². The van der Waals surface area contributed by atoms with Crippen LogP contribution in [-0.4, -0.2) is 56.3 Å². The minimum atomic E-state index is 0.0970. The van der Waals surface area contributed by atoms with Crippen molar-refractivity contribution >= 4 is 28.4 Å². The summed E-state index contributed by atoms with van der Waals surface area (Å²) in [6, 6.07) is 23.2. The highest BCUT2D eigenvalue weighted by atomic mass is 16.2. The Balaban J connectivity index is 1.38. The Kier molecular flexibility index (Phi) is 8.14. The van der Waals surface area contributed by atoms with Gasteiger partial charge in [0.15, 0.2) is 0 Å². The molecule has 7 heteroatoms. The molecule has 0 N–H and O–H groups in total. The molecule has 0 radical (unpaired) electrons. The Labute approximate surface area is 242 Å². The highest BCUT2D eigenvalue weighted by Gasteiger charge is 2.34. The van der Waals surface area contributed by atoms with E-state index < -0.39 is 0 Å². The number of aromatic nitrogens is 2. The molecule has 2 bridgehead atoms. The van der Waals surface area contributed by atoms with Crippen molar-refractivity contribution in [2.24, 2.45) is 0 Å². The molecule has 212 valence electrons. The van der Waals surface area contributed by atoms with Crippen molar-refractivity contribution < 1.29 is 9.59 Å². The van der Waals surface area contributed by atoms with Gasteiger partial charge in [-0.1, -0.05) is 49.7 Å². The van der Waals surface area contributed by atoms with E-state index in [4.69, 9.17) is 0 Å². The monoisotopic (exact) mass is 549 g/mol. The van der Waals surface area contributed by atoms with Gasteiger partial charge in [-0.15, -0.1) is 0 Å². The molecule has 2 unspecified atom stereocenters. The first-order valence-corrected chi connectivity index (χ1v) is 14.9. The molecule has 7 nitrogen and oxygen atoms in total. The van der Waals surface area contributed by atoms with Crippen LogP contribution in [0.3, 0.4) is 0 Å². The number of carbonyl (C=O) groups excluding carboxylic acids is 2. The number of hydrogen-bond donors (Lipinski definition) is 0. The van der Waals surface area contributed by atoms with E-state index in [1.807, 2.05) is 65.6 Å². The molecular weight excluding hydrogens is 510 g/mol. The number of piperidine rings is 1. The van der Waals surface area contributed by atoms with Crippen LogP contribution in [-0.2, 0) is 29.2 Å². The molecule has 0 saturated carbocycles. The van der Waals surface area contributed by atoms with Crippen molar-refractivity contribution in [1.82, 2.24) is 19.4 Å². The van der Waals surface area contributed by atoms with Gasteiger partial charge in [-0.2, -0.15) is 0 Å². The van der Waals surface area contributed by atoms with Crippen molar-refractivity contribution in [3.8, 4) is 0 Å². The summed E-state index contributed by atoms with van der Waals surface area (Å²) in [7, 11) is 0. The van der Waals surface area contributed by atoms with Crippen LogP contribution in [0.5, 0.6) is 0 Å². The molecule has 41 heavy (non-hydrogen) atoms. The highest BCUT2D eigenvalue weighted by molar-refractivity contribution is 5.94. The van der Waals surface area contributed by atoms with Gasteiger partial charge in [0.25, 0.3) is 0 Å². The molecule has 1 fully saturated rings. The topological polar surface area (TPSA) is 61.7 Å². The summed E-state index contributed by atoms with van der Waals surface area (Å²) in [4.78, 5) is 38.3. The summed E-state index contributed by atoms with van der Waals surface area (Å²) in [5, 5.41) is 1.13. The lowest BCUT2D eigenvalue weighted by molar-refractivity contribution is -0.133. The lowest BCUT2D eigenvalue weighted by atomic mass is 9.92. The van der Waals surface area contributed by atoms with E-state index in [2.05, 4.69) is 50.8 Å². The first-order chi connectivity index (χ1) is 20.1. The van der Waals surface area contributed by atoms with Crippen molar-refractivity contribution in [3.05, 3.63) is 96.4 Å². The predicted molar refractivity (Wildman–Crippen MR) is 162 cm³/mol. The van der Waals surface area contributed by atoms with Crippen LogP contribution in [0.1, 0.15) is 50.2 Å². The molecule has 2 amide bonds. The molecule has 4 heterocycles. The third-order valence-corrected chi connectivity index (χ3v) is 8.83. The van der Waals surface area contributed by atoms with Gasteiger partial charge in [0.2, 0.25) is 11.8 Å². The number of fused-ring (bicyclic) bond motifs is 4. The third kappa shape index (κ3) is 5.91. The fourth-order valence-electron chi connectivity index (χ4n) is 6.68. The Morgan fingerprint density at radius 1 is 0.878 bits per heavy atom. The molecule has 6 rings (SSSR count). The number of nitrogens with zero attached hydrogens (tertiary/aromatic N) is 5. The molecule has 4 aromatic rings. The number of rotatable bonds is 5. The van der Waals surface area contributed by atoms with E-state index in [-0.39, 0.29) is 24.4 Å². The van der Waals surface area contributed by atoms with E-state index in [0.29, 0.717) is 32.1 Å². The first kappa shape index (κ1) is 27.2. The van der Waals surface area contributed by atoms with Gasteiger partial charge in [-0.3, -0.25) is 19.5 Å². The molecular formula is C34H39N5O2. The molecule has 2 aliphatic rings. The molecule has 2 atom stereocenters. The summed E-state index contributed by atoms with van der Waals surface area (Å²) in [6.45, 7) is 4.85. The van der Waals surface area contributed by atoms with E-state index in [9.17, 15) is 9.59 Å². The van der Waals surface area contributed by atoms with Crippen LogP contribution in [0.4, 0.5) is 5.69 Å². The standard InChI is InChI=1S/C34H39N5O2/c1-2-33(40)38-21-17-29-10-7-11-30(39(29)22-26-14-18-35-19-15-26)24-37(23-28-9-4-6-13-32(28)38)34(41)25-36-20-16-27-8-3-5-12-31(27)36/h3-6,8-9,12-16,18-20,29-30H,2,7,10-11,17,21-25H2,1H3.